The SMILES string of the molecule is O=C(Nc1cnn(Cc2ccncc2)c1)c1cc(C(=O)c2c(Cl)ccc(Cl)c2F)c[nH]1. The van der Waals surface area contributed by atoms with E-state index in [4.69, 9.17) is 23.2 Å². The number of carbonyl (C=O) groups is 2. The van der Waals surface area contributed by atoms with E-state index in [2.05, 4.69) is 20.4 Å². The highest BCUT2D eigenvalue weighted by molar-refractivity contribution is 6.37. The number of benzene rings is 1. The van der Waals surface area contributed by atoms with Gasteiger partial charge in [-0.2, -0.15) is 5.10 Å². The van der Waals surface area contributed by atoms with Gasteiger partial charge < -0.3 is 10.3 Å². The monoisotopic (exact) mass is 457 g/mol. The number of halogens is 3. The Hall–Kier alpha value is -3.49. The van der Waals surface area contributed by atoms with E-state index >= 15 is 0 Å². The highest BCUT2D eigenvalue weighted by Gasteiger charge is 2.22. The summed E-state index contributed by atoms with van der Waals surface area (Å²) in [5, 5.41) is 6.61. The second kappa shape index (κ2) is 8.71. The number of anilines is 1. The molecule has 3 heterocycles. The summed E-state index contributed by atoms with van der Waals surface area (Å²) in [5.41, 5.74) is 1.32. The molecule has 4 rings (SSSR count). The molecule has 2 N–H and O–H groups in total. The van der Waals surface area contributed by atoms with Gasteiger partial charge in [0.25, 0.3) is 5.91 Å². The zero-order chi connectivity index (χ0) is 22.0. The number of H-pyrrole nitrogens is 1. The van der Waals surface area contributed by atoms with E-state index in [0.717, 1.165) is 5.56 Å². The number of hydrogen-bond donors (Lipinski definition) is 2. The predicted molar refractivity (Wildman–Crippen MR) is 114 cm³/mol. The zero-order valence-electron chi connectivity index (χ0n) is 15.8. The van der Waals surface area contributed by atoms with Crippen molar-refractivity contribution in [3.05, 3.63) is 99.6 Å². The maximum Gasteiger partial charge on any atom is 0.272 e. The minimum absolute atomic E-state index is 0.0688. The summed E-state index contributed by atoms with van der Waals surface area (Å²) in [5.74, 6) is -2.08. The van der Waals surface area contributed by atoms with Gasteiger partial charge in [0.2, 0.25) is 0 Å². The molecule has 0 bridgehead atoms. The van der Waals surface area contributed by atoms with E-state index in [0.29, 0.717) is 12.2 Å². The molecule has 156 valence electrons. The molecule has 4 aromatic rings. The fourth-order valence-electron chi connectivity index (χ4n) is 2.92. The second-order valence-corrected chi connectivity index (χ2v) is 7.40. The van der Waals surface area contributed by atoms with Gasteiger partial charge in [0.15, 0.2) is 11.6 Å². The molecule has 7 nitrogen and oxygen atoms in total. The fraction of sp³-hybridized carbons (Fsp3) is 0.0476. The Bertz CT molecular complexity index is 1270. The molecular formula is C21H14Cl2FN5O2. The Labute approximate surface area is 185 Å². The average molecular weight is 458 g/mol. The minimum Gasteiger partial charge on any atom is -0.356 e. The van der Waals surface area contributed by atoms with Gasteiger partial charge in [0, 0.05) is 30.4 Å². The second-order valence-electron chi connectivity index (χ2n) is 6.59. The molecule has 0 radical (unpaired) electrons. The number of carbonyl (C=O) groups excluding carboxylic acids is 2. The van der Waals surface area contributed by atoms with Crippen LogP contribution in [0.2, 0.25) is 10.0 Å². The zero-order valence-corrected chi connectivity index (χ0v) is 17.3. The Morgan fingerprint density at radius 2 is 1.87 bits per heavy atom. The van der Waals surface area contributed by atoms with Crippen LogP contribution in [0.1, 0.15) is 32.0 Å². The molecule has 0 saturated carbocycles. The molecule has 0 aliphatic carbocycles. The first-order valence-electron chi connectivity index (χ1n) is 9.01. The van der Waals surface area contributed by atoms with E-state index < -0.39 is 17.5 Å². The van der Waals surface area contributed by atoms with Gasteiger partial charge in [0.05, 0.1) is 34.0 Å². The largest absolute Gasteiger partial charge is 0.356 e. The maximum absolute atomic E-state index is 14.3. The number of nitrogens with one attached hydrogen (secondary N) is 2. The van der Waals surface area contributed by atoms with Crippen LogP contribution in [0.4, 0.5) is 10.1 Å². The third-order valence-electron chi connectivity index (χ3n) is 4.45. The quantitative estimate of drug-likeness (QED) is 0.327. The maximum atomic E-state index is 14.3. The van der Waals surface area contributed by atoms with Crippen LogP contribution in [0, 0.1) is 5.82 Å². The predicted octanol–water partition coefficient (Wildman–Crippen LogP) is 4.58. The molecule has 10 heteroatoms. The topological polar surface area (TPSA) is 92.7 Å². The molecule has 0 fully saturated rings. The van der Waals surface area contributed by atoms with Gasteiger partial charge in [-0.1, -0.05) is 23.2 Å². The van der Waals surface area contributed by atoms with Crippen molar-refractivity contribution in [3.8, 4) is 0 Å². The standard InChI is InChI=1S/C21H14Cl2FN5O2/c22-15-1-2-16(23)19(24)18(15)20(30)13-7-17(26-8-13)21(31)28-14-9-27-29(11-14)10-12-3-5-25-6-4-12/h1-9,11,26H,10H2,(H,28,31). The molecule has 31 heavy (non-hydrogen) atoms. The molecule has 0 spiro atoms. The summed E-state index contributed by atoms with van der Waals surface area (Å²) in [6, 6.07) is 7.65. The molecule has 0 atom stereocenters. The van der Waals surface area contributed by atoms with Crippen LogP contribution in [-0.4, -0.2) is 31.4 Å². The summed E-state index contributed by atoms with van der Waals surface area (Å²) < 4.78 is 15.9. The average Bonchev–Trinajstić information content (AvgIpc) is 3.42. The first kappa shape index (κ1) is 20.8. The first-order chi connectivity index (χ1) is 14.9. The van der Waals surface area contributed by atoms with Crippen molar-refractivity contribution in [2.45, 2.75) is 6.54 Å². The number of nitrogens with zero attached hydrogens (tertiary/aromatic N) is 3. The van der Waals surface area contributed by atoms with Crippen molar-refractivity contribution in [2.75, 3.05) is 5.32 Å². The highest BCUT2D eigenvalue weighted by atomic mass is 35.5. The number of aromatic amines is 1. The minimum atomic E-state index is -0.909. The number of amides is 1. The fourth-order valence-corrected chi connectivity index (χ4v) is 3.31. The van der Waals surface area contributed by atoms with E-state index in [1.165, 1.54) is 30.6 Å². The third-order valence-corrected chi connectivity index (χ3v) is 5.05. The summed E-state index contributed by atoms with van der Waals surface area (Å²) in [4.78, 5) is 31.9. The summed E-state index contributed by atoms with van der Waals surface area (Å²) >= 11 is 11.7. The smallest absolute Gasteiger partial charge is 0.272 e. The van der Waals surface area contributed by atoms with Crippen LogP contribution in [0.15, 0.2) is 61.3 Å². The van der Waals surface area contributed by atoms with Crippen molar-refractivity contribution in [3.63, 3.8) is 0 Å². The lowest BCUT2D eigenvalue weighted by Crippen LogP contribution is -2.12. The van der Waals surface area contributed by atoms with Crippen LogP contribution in [0.3, 0.4) is 0 Å². The molecule has 1 amide bonds. The van der Waals surface area contributed by atoms with Gasteiger partial charge in [0.1, 0.15) is 5.69 Å². The van der Waals surface area contributed by atoms with Crippen LogP contribution >= 0.6 is 23.2 Å². The number of pyridine rings is 1. The molecule has 0 saturated heterocycles. The number of ketones is 1. The number of rotatable bonds is 6. The lowest BCUT2D eigenvalue weighted by molar-refractivity contribution is 0.102. The Morgan fingerprint density at radius 3 is 2.65 bits per heavy atom. The normalized spacial score (nSPS) is 10.8. The van der Waals surface area contributed by atoms with Gasteiger partial charge in [-0.25, -0.2) is 4.39 Å². The summed E-state index contributed by atoms with van der Waals surface area (Å²) in [7, 11) is 0. The van der Waals surface area contributed by atoms with E-state index in [1.54, 1.807) is 23.3 Å². The lowest BCUT2D eigenvalue weighted by Gasteiger charge is -2.05. The van der Waals surface area contributed by atoms with Gasteiger partial charge in [-0.15, -0.1) is 0 Å². The van der Waals surface area contributed by atoms with Crippen molar-refractivity contribution >= 4 is 40.6 Å². The summed E-state index contributed by atoms with van der Waals surface area (Å²) in [6.07, 6.45) is 7.87. The van der Waals surface area contributed by atoms with Gasteiger partial charge in [-0.3, -0.25) is 19.3 Å². The number of hydrogen-bond acceptors (Lipinski definition) is 4. The molecule has 0 aliphatic rings. The molecular weight excluding hydrogens is 444 g/mol. The van der Waals surface area contributed by atoms with Crippen molar-refractivity contribution in [1.82, 2.24) is 19.7 Å². The van der Waals surface area contributed by atoms with E-state index in [1.807, 2.05) is 12.1 Å². The van der Waals surface area contributed by atoms with Gasteiger partial charge >= 0.3 is 0 Å². The number of aromatic nitrogens is 4. The Kier molecular flexibility index (Phi) is 5.83. The Balaban J connectivity index is 1.47. The van der Waals surface area contributed by atoms with Crippen molar-refractivity contribution < 1.29 is 14.0 Å². The van der Waals surface area contributed by atoms with E-state index in [-0.39, 0.29) is 26.9 Å². The van der Waals surface area contributed by atoms with Crippen molar-refractivity contribution in [1.29, 1.82) is 0 Å². The molecule has 0 unspecified atom stereocenters. The molecule has 3 aromatic heterocycles. The van der Waals surface area contributed by atoms with Crippen LogP contribution in [0.25, 0.3) is 0 Å². The Morgan fingerprint density at radius 1 is 1.13 bits per heavy atom. The van der Waals surface area contributed by atoms with Crippen LogP contribution in [0.5, 0.6) is 0 Å². The van der Waals surface area contributed by atoms with Crippen LogP contribution < -0.4 is 5.32 Å². The highest BCUT2D eigenvalue weighted by Crippen LogP contribution is 2.28. The van der Waals surface area contributed by atoms with E-state index in [9.17, 15) is 14.0 Å². The molecule has 0 aliphatic heterocycles. The first-order valence-corrected chi connectivity index (χ1v) is 9.77. The lowest BCUT2D eigenvalue weighted by atomic mass is 10.0. The third kappa shape index (κ3) is 4.50. The van der Waals surface area contributed by atoms with Crippen LogP contribution in [-0.2, 0) is 6.54 Å². The molecule has 1 aromatic carbocycles. The summed E-state index contributed by atoms with van der Waals surface area (Å²) in [6.45, 7) is 0.519. The van der Waals surface area contributed by atoms with Crippen molar-refractivity contribution in [2.24, 2.45) is 0 Å². The van der Waals surface area contributed by atoms with Gasteiger partial charge in [-0.05, 0) is 35.9 Å².